The molecule has 1 aliphatic rings. The molecule has 0 radical (unpaired) electrons. The molecule has 136 valence electrons. The second kappa shape index (κ2) is 10.5. The Morgan fingerprint density at radius 1 is 0.731 bits per heavy atom. The van der Waals surface area contributed by atoms with Gasteiger partial charge in [-0.05, 0) is 24.3 Å². The van der Waals surface area contributed by atoms with E-state index in [0.29, 0.717) is 0 Å². The lowest BCUT2D eigenvalue weighted by Crippen LogP contribution is -2.47. The number of aliphatic imine (C=N–C) groups is 2. The lowest BCUT2D eigenvalue weighted by Gasteiger charge is -2.34. The molecule has 0 saturated carbocycles. The molecular weight excluding hydrogens is 324 g/mol. The van der Waals surface area contributed by atoms with Crippen LogP contribution in [0.2, 0.25) is 0 Å². The third-order valence-electron chi connectivity index (χ3n) is 4.38. The molecule has 0 bridgehead atoms. The summed E-state index contributed by atoms with van der Waals surface area (Å²) in [5.41, 5.74) is 1.84. The molecule has 1 saturated heterocycles. The average molecular weight is 350 g/mol. The molecule has 1 aliphatic heterocycles. The van der Waals surface area contributed by atoms with E-state index in [-0.39, 0.29) is 0 Å². The second-order valence-electron chi connectivity index (χ2n) is 6.26. The van der Waals surface area contributed by atoms with Crippen molar-refractivity contribution in [1.82, 2.24) is 19.8 Å². The lowest BCUT2D eigenvalue weighted by molar-refractivity contribution is 0.138. The van der Waals surface area contributed by atoms with Gasteiger partial charge in [0.2, 0.25) is 0 Å². The van der Waals surface area contributed by atoms with Gasteiger partial charge in [0.25, 0.3) is 0 Å². The summed E-state index contributed by atoms with van der Waals surface area (Å²) >= 11 is 0. The van der Waals surface area contributed by atoms with Gasteiger partial charge in [-0.15, -0.1) is 0 Å². The van der Waals surface area contributed by atoms with E-state index in [4.69, 9.17) is 0 Å². The maximum absolute atomic E-state index is 4.48. The normalized spacial score (nSPS) is 16.6. The van der Waals surface area contributed by atoms with Crippen molar-refractivity contribution in [3.63, 3.8) is 0 Å². The quantitative estimate of drug-likeness (QED) is 0.679. The van der Waals surface area contributed by atoms with Crippen molar-refractivity contribution < 1.29 is 0 Å². The predicted octanol–water partition coefficient (Wildman–Crippen LogP) is 1.63. The van der Waals surface area contributed by atoms with Crippen LogP contribution in [-0.2, 0) is 0 Å². The summed E-state index contributed by atoms with van der Waals surface area (Å²) in [6.07, 6.45) is 7.30. The first kappa shape index (κ1) is 18.4. The smallest absolute Gasteiger partial charge is 0.0807 e. The number of hydrogen-bond donors (Lipinski definition) is 0. The monoisotopic (exact) mass is 350 g/mol. The van der Waals surface area contributed by atoms with E-state index in [1.54, 1.807) is 12.4 Å². The lowest BCUT2D eigenvalue weighted by atomic mass is 10.3. The molecule has 26 heavy (non-hydrogen) atoms. The summed E-state index contributed by atoms with van der Waals surface area (Å²) in [7, 11) is 0. The Labute approximate surface area is 155 Å². The van der Waals surface area contributed by atoms with Gasteiger partial charge in [-0.2, -0.15) is 0 Å². The summed E-state index contributed by atoms with van der Waals surface area (Å²) in [5, 5.41) is 0. The van der Waals surface area contributed by atoms with Crippen LogP contribution in [0.3, 0.4) is 0 Å². The Balaban J connectivity index is 1.28. The molecule has 6 heteroatoms. The van der Waals surface area contributed by atoms with E-state index >= 15 is 0 Å². The summed E-state index contributed by atoms with van der Waals surface area (Å²) < 4.78 is 0. The molecule has 0 unspecified atom stereocenters. The minimum absolute atomic E-state index is 0.824. The first-order chi connectivity index (χ1) is 12.9. The van der Waals surface area contributed by atoms with Crippen molar-refractivity contribution in [2.75, 3.05) is 52.4 Å². The highest BCUT2D eigenvalue weighted by molar-refractivity contribution is 5.77. The number of aromatic nitrogens is 2. The molecule has 6 nitrogen and oxygen atoms in total. The number of hydrogen-bond acceptors (Lipinski definition) is 6. The Bertz CT molecular complexity index is 616. The van der Waals surface area contributed by atoms with E-state index in [2.05, 4.69) is 29.8 Å². The Kier molecular flexibility index (Phi) is 7.43. The highest BCUT2D eigenvalue weighted by Gasteiger charge is 2.15. The minimum Gasteiger partial charge on any atom is -0.299 e. The van der Waals surface area contributed by atoms with Gasteiger partial charge in [0.1, 0.15) is 0 Å². The molecule has 0 N–H and O–H groups in total. The maximum atomic E-state index is 4.48. The Hall–Kier alpha value is -2.44. The fourth-order valence-corrected chi connectivity index (χ4v) is 2.86. The fraction of sp³-hybridized carbons (Fsp3) is 0.400. The van der Waals surface area contributed by atoms with E-state index < -0.39 is 0 Å². The third-order valence-corrected chi connectivity index (χ3v) is 4.38. The third kappa shape index (κ3) is 6.46. The van der Waals surface area contributed by atoms with Crippen molar-refractivity contribution in [2.24, 2.45) is 9.98 Å². The maximum Gasteiger partial charge on any atom is 0.0807 e. The number of nitrogens with zero attached hydrogens (tertiary/aromatic N) is 6. The Morgan fingerprint density at radius 3 is 1.58 bits per heavy atom. The molecule has 0 spiro atoms. The van der Waals surface area contributed by atoms with Crippen LogP contribution in [0.15, 0.2) is 58.8 Å². The van der Waals surface area contributed by atoms with Gasteiger partial charge in [0.05, 0.1) is 24.5 Å². The van der Waals surface area contributed by atoms with Crippen LogP contribution in [0.25, 0.3) is 0 Å². The van der Waals surface area contributed by atoms with Crippen LogP contribution in [-0.4, -0.2) is 84.6 Å². The van der Waals surface area contributed by atoms with Crippen LogP contribution in [0.4, 0.5) is 0 Å². The van der Waals surface area contributed by atoms with Crippen molar-refractivity contribution in [2.45, 2.75) is 0 Å². The first-order valence-corrected chi connectivity index (χ1v) is 9.16. The van der Waals surface area contributed by atoms with Crippen LogP contribution < -0.4 is 0 Å². The van der Waals surface area contributed by atoms with Crippen molar-refractivity contribution in [3.05, 3.63) is 60.2 Å². The van der Waals surface area contributed by atoms with Crippen molar-refractivity contribution in [1.29, 1.82) is 0 Å². The van der Waals surface area contributed by atoms with Crippen LogP contribution >= 0.6 is 0 Å². The van der Waals surface area contributed by atoms with E-state index in [9.17, 15) is 0 Å². The molecule has 2 aromatic rings. The molecule has 0 amide bonds. The predicted molar refractivity (Wildman–Crippen MR) is 106 cm³/mol. The molecular formula is C20H26N6. The van der Waals surface area contributed by atoms with Crippen LogP contribution in [0.5, 0.6) is 0 Å². The number of rotatable bonds is 8. The topological polar surface area (TPSA) is 57.0 Å². The molecule has 2 aromatic heterocycles. The average Bonchev–Trinajstić information content (AvgIpc) is 2.71. The van der Waals surface area contributed by atoms with Gasteiger partial charge in [-0.25, -0.2) is 0 Å². The number of pyridine rings is 2. The zero-order chi connectivity index (χ0) is 17.9. The molecule has 0 aliphatic carbocycles. The summed E-state index contributed by atoms with van der Waals surface area (Å²) in [6.45, 7) is 8.07. The fourth-order valence-electron chi connectivity index (χ4n) is 2.86. The minimum atomic E-state index is 0.824. The molecule has 1 fully saturated rings. The van der Waals surface area contributed by atoms with E-state index in [1.807, 2.05) is 48.8 Å². The summed E-state index contributed by atoms with van der Waals surface area (Å²) in [5.74, 6) is 0. The van der Waals surface area contributed by atoms with Crippen LogP contribution in [0, 0.1) is 0 Å². The number of piperazine rings is 1. The van der Waals surface area contributed by atoms with E-state index in [1.165, 1.54) is 0 Å². The van der Waals surface area contributed by atoms with Gasteiger partial charge in [-0.1, -0.05) is 12.1 Å². The van der Waals surface area contributed by atoms with Crippen molar-refractivity contribution >= 4 is 12.4 Å². The van der Waals surface area contributed by atoms with Crippen molar-refractivity contribution in [3.8, 4) is 0 Å². The second-order valence-corrected chi connectivity index (χ2v) is 6.26. The molecule has 0 aromatic carbocycles. The zero-order valence-corrected chi connectivity index (χ0v) is 15.1. The van der Waals surface area contributed by atoms with Gasteiger partial charge in [-0.3, -0.25) is 29.8 Å². The standard InChI is InChI=1S/C20H26N6/c1-3-7-23-19(5-1)17-21-9-11-25-13-15-26(16-14-25)12-10-22-18-20-6-2-4-8-24-20/h1-8,17-18H,9-16H2. The van der Waals surface area contributed by atoms with E-state index in [0.717, 1.165) is 63.7 Å². The largest absolute Gasteiger partial charge is 0.299 e. The van der Waals surface area contributed by atoms with Gasteiger partial charge in [0, 0.05) is 64.1 Å². The zero-order valence-electron chi connectivity index (χ0n) is 15.1. The summed E-state index contributed by atoms with van der Waals surface area (Å²) in [6, 6.07) is 11.7. The van der Waals surface area contributed by atoms with Gasteiger partial charge >= 0.3 is 0 Å². The molecule has 0 atom stereocenters. The summed E-state index contributed by atoms with van der Waals surface area (Å²) in [4.78, 5) is 22.4. The SMILES string of the molecule is C(=NCCN1CCN(CCN=Cc2ccccn2)CC1)c1ccccn1. The van der Waals surface area contributed by atoms with Gasteiger partial charge < -0.3 is 0 Å². The Morgan fingerprint density at radius 2 is 1.19 bits per heavy atom. The molecule has 3 rings (SSSR count). The molecule has 3 heterocycles. The van der Waals surface area contributed by atoms with Gasteiger partial charge in [0.15, 0.2) is 0 Å². The highest BCUT2D eigenvalue weighted by atomic mass is 15.3. The highest BCUT2D eigenvalue weighted by Crippen LogP contribution is 2.01. The van der Waals surface area contributed by atoms with Crippen LogP contribution in [0.1, 0.15) is 11.4 Å². The first-order valence-electron chi connectivity index (χ1n) is 9.16.